The molecule has 0 aromatic carbocycles. The van der Waals surface area contributed by atoms with Gasteiger partial charge in [0.15, 0.2) is 0 Å². The Balaban J connectivity index is 1.64. The molecule has 0 unspecified atom stereocenters. The molecule has 2 fully saturated rings. The zero-order chi connectivity index (χ0) is 15.4. The highest BCUT2D eigenvalue weighted by Gasteiger charge is 2.23. The van der Waals surface area contributed by atoms with E-state index < -0.39 is 0 Å². The topological polar surface area (TPSA) is 79.5 Å². The summed E-state index contributed by atoms with van der Waals surface area (Å²) in [7, 11) is 0. The van der Waals surface area contributed by atoms with Crippen LogP contribution < -0.4 is 16.0 Å². The van der Waals surface area contributed by atoms with E-state index in [0.717, 1.165) is 51.0 Å². The van der Waals surface area contributed by atoms with Crippen molar-refractivity contribution < 1.29 is 4.74 Å². The van der Waals surface area contributed by atoms with Crippen molar-refractivity contribution in [2.75, 3.05) is 61.9 Å². The van der Waals surface area contributed by atoms with Crippen LogP contribution in [0.25, 0.3) is 0 Å². The van der Waals surface area contributed by atoms with Crippen molar-refractivity contribution in [1.82, 2.24) is 14.9 Å². The van der Waals surface area contributed by atoms with Gasteiger partial charge in [-0.05, 0) is 25.9 Å². The minimum atomic E-state index is 0.324. The summed E-state index contributed by atoms with van der Waals surface area (Å²) in [4.78, 5) is 13.4. The van der Waals surface area contributed by atoms with Crippen LogP contribution in [0.15, 0.2) is 6.07 Å². The molecule has 3 rings (SSSR count). The number of nitrogens with one attached hydrogen (secondary N) is 1. The van der Waals surface area contributed by atoms with Crippen molar-refractivity contribution in [2.24, 2.45) is 0 Å². The SMILES string of the molecule is CCN1CCC[C@@H]1CNc1cc(N2CCOCC2)nc(N)n1. The summed E-state index contributed by atoms with van der Waals surface area (Å²) < 4.78 is 5.38. The second-order valence-corrected chi connectivity index (χ2v) is 5.87. The van der Waals surface area contributed by atoms with Crippen LogP contribution in [0.1, 0.15) is 19.8 Å². The van der Waals surface area contributed by atoms with Crippen molar-refractivity contribution in [3.63, 3.8) is 0 Å². The van der Waals surface area contributed by atoms with Gasteiger partial charge in [0.2, 0.25) is 5.95 Å². The first-order valence-electron chi connectivity index (χ1n) is 8.21. The van der Waals surface area contributed by atoms with Gasteiger partial charge in [-0.1, -0.05) is 6.92 Å². The standard InChI is InChI=1S/C15H26N6O/c1-2-20-5-3-4-12(20)11-17-13-10-14(19-15(16)18-13)21-6-8-22-9-7-21/h10,12H,2-9,11H2,1H3,(H3,16,17,18,19)/t12-/m1/s1. The number of rotatable bonds is 5. The van der Waals surface area contributed by atoms with Gasteiger partial charge in [-0.3, -0.25) is 4.90 Å². The molecule has 0 radical (unpaired) electrons. The third kappa shape index (κ3) is 3.59. The first kappa shape index (κ1) is 15.3. The molecule has 0 bridgehead atoms. The molecule has 7 heteroatoms. The number of aromatic nitrogens is 2. The van der Waals surface area contributed by atoms with E-state index in [4.69, 9.17) is 10.5 Å². The third-order valence-corrected chi connectivity index (χ3v) is 4.49. The molecule has 1 atom stereocenters. The van der Waals surface area contributed by atoms with Gasteiger partial charge in [0.05, 0.1) is 13.2 Å². The van der Waals surface area contributed by atoms with Crippen molar-refractivity contribution in [1.29, 1.82) is 0 Å². The third-order valence-electron chi connectivity index (χ3n) is 4.49. The maximum absolute atomic E-state index is 5.87. The lowest BCUT2D eigenvalue weighted by atomic mass is 10.2. The van der Waals surface area contributed by atoms with Crippen LogP contribution in [0.4, 0.5) is 17.6 Å². The van der Waals surface area contributed by atoms with E-state index in [0.29, 0.717) is 12.0 Å². The lowest BCUT2D eigenvalue weighted by molar-refractivity contribution is 0.122. The fourth-order valence-electron chi connectivity index (χ4n) is 3.26. The molecule has 0 amide bonds. The molecule has 2 aliphatic rings. The molecule has 122 valence electrons. The molecule has 2 aliphatic heterocycles. The molecule has 0 spiro atoms. The minimum Gasteiger partial charge on any atom is -0.378 e. The van der Waals surface area contributed by atoms with Crippen molar-refractivity contribution >= 4 is 17.6 Å². The van der Waals surface area contributed by atoms with E-state index >= 15 is 0 Å². The molecule has 7 nitrogen and oxygen atoms in total. The summed E-state index contributed by atoms with van der Waals surface area (Å²) in [5.74, 6) is 2.03. The number of hydrogen-bond donors (Lipinski definition) is 2. The molecule has 3 N–H and O–H groups in total. The summed E-state index contributed by atoms with van der Waals surface area (Å²) in [6.45, 7) is 8.61. The van der Waals surface area contributed by atoms with Crippen LogP contribution in [0.2, 0.25) is 0 Å². The van der Waals surface area contributed by atoms with Gasteiger partial charge < -0.3 is 20.7 Å². The van der Waals surface area contributed by atoms with Gasteiger partial charge >= 0.3 is 0 Å². The maximum Gasteiger partial charge on any atom is 0.223 e. The molecule has 1 aromatic heterocycles. The second kappa shape index (κ2) is 7.11. The zero-order valence-corrected chi connectivity index (χ0v) is 13.3. The van der Waals surface area contributed by atoms with Crippen LogP contribution >= 0.6 is 0 Å². The Morgan fingerprint density at radius 2 is 2.14 bits per heavy atom. The van der Waals surface area contributed by atoms with Crippen LogP contribution in [-0.4, -0.2) is 66.8 Å². The minimum absolute atomic E-state index is 0.324. The number of nitrogens with two attached hydrogens (primary N) is 1. The van der Waals surface area contributed by atoms with E-state index in [1.807, 2.05) is 6.07 Å². The summed E-state index contributed by atoms with van der Waals surface area (Å²) in [6.07, 6.45) is 2.53. The molecule has 0 saturated carbocycles. The Morgan fingerprint density at radius 3 is 2.91 bits per heavy atom. The number of likely N-dealkylation sites (tertiary alicyclic amines) is 1. The average Bonchev–Trinajstić information content (AvgIpc) is 3.01. The normalized spacial score (nSPS) is 23.0. The van der Waals surface area contributed by atoms with E-state index in [2.05, 4.69) is 32.0 Å². The summed E-state index contributed by atoms with van der Waals surface area (Å²) in [5.41, 5.74) is 5.87. The zero-order valence-electron chi connectivity index (χ0n) is 13.3. The van der Waals surface area contributed by atoms with Crippen LogP contribution in [0.3, 0.4) is 0 Å². The molecule has 2 saturated heterocycles. The summed E-state index contributed by atoms with van der Waals surface area (Å²) >= 11 is 0. The number of morpholine rings is 1. The Bertz CT molecular complexity index is 491. The van der Waals surface area contributed by atoms with Crippen LogP contribution in [-0.2, 0) is 4.74 Å². The highest BCUT2D eigenvalue weighted by Crippen LogP contribution is 2.20. The number of hydrogen-bond acceptors (Lipinski definition) is 7. The van der Waals surface area contributed by atoms with Gasteiger partial charge in [-0.25, -0.2) is 0 Å². The Hall–Kier alpha value is -1.60. The first-order chi connectivity index (χ1) is 10.8. The Kier molecular flexibility index (Phi) is 4.94. The van der Waals surface area contributed by atoms with E-state index in [1.54, 1.807) is 0 Å². The number of anilines is 3. The fourth-order valence-corrected chi connectivity index (χ4v) is 3.26. The number of ether oxygens (including phenoxy) is 1. The number of nitrogen functional groups attached to an aromatic ring is 1. The van der Waals surface area contributed by atoms with Gasteiger partial charge in [-0.15, -0.1) is 0 Å². The highest BCUT2D eigenvalue weighted by atomic mass is 16.5. The predicted octanol–water partition coefficient (Wildman–Crippen LogP) is 0.792. The van der Waals surface area contributed by atoms with E-state index in [9.17, 15) is 0 Å². The van der Waals surface area contributed by atoms with Crippen LogP contribution in [0, 0.1) is 0 Å². The lowest BCUT2D eigenvalue weighted by Gasteiger charge is -2.28. The number of likely N-dealkylation sites (N-methyl/N-ethyl adjacent to an activating group) is 1. The van der Waals surface area contributed by atoms with E-state index in [1.165, 1.54) is 19.4 Å². The average molecular weight is 306 g/mol. The molecule has 1 aromatic rings. The van der Waals surface area contributed by atoms with Gasteiger partial charge in [0.25, 0.3) is 0 Å². The fraction of sp³-hybridized carbons (Fsp3) is 0.733. The molecular formula is C15H26N6O. The smallest absolute Gasteiger partial charge is 0.223 e. The number of nitrogens with zero attached hydrogens (tertiary/aromatic N) is 4. The predicted molar refractivity (Wildman–Crippen MR) is 88.2 cm³/mol. The highest BCUT2D eigenvalue weighted by molar-refractivity contribution is 5.52. The molecule has 22 heavy (non-hydrogen) atoms. The molecule has 3 heterocycles. The second-order valence-electron chi connectivity index (χ2n) is 5.87. The molecular weight excluding hydrogens is 280 g/mol. The quantitative estimate of drug-likeness (QED) is 0.832. The van der Waals surface area contributed by atoms with Crippen molar-refractivity contribution in [3.05, 3.63) is 6.07 Å². The maximum atomic E-state index is 5.87. The lowest BCUT2D eigenvalue weighted by Crippen LogP contribution is -2.37. The monoisotopic (exact) mass is 306 g/mol. The van der Waals surface area contributed by atoms with Crippen molar-refractivity contribution in [2.45, 2.75) is 25.8 Å². The van der Waals surface area contributed by atoms with Crippen LogP contribution in [0.5, 0.6) is 0 Å². The van der Waals surface area contributed by atoms with Gasteiger partial charge in [0.1, 0.15) is 11.6 Å². The van der Waals surface area contributed by atoms with Gasteiger partial charge in [-0.2, -0.15) is 9.97 Å². The van der Waals surface area contributed by atoms with Crippen molar-refractivity contribution in [3.8, 4) is 0 Å². The molecule has 0 aliphatic carbocycles. The Morgan fingerprint density at radius 1 is 1.32 bits per heavy atom. The largest absolute Gasteiger partial charge is 0.378 e. The van der Waals surface area contributed by atoms with E-state index in [-0.39, 0.29) is 0 Å². The summed E-state index contributed by atoms with van der Waals surface area (Å²) in [6, 6.07) is 2.58. The summed E-state index contributed by atoms with van der Waals surface area (Å²) in [5, 5.41) is 3.44. The van der Waals surface area contributed by atoms with Gasteiger partial charge in [0, 0.05) is 31.7 Å². The Labute approximate surface area is 131 Å². The first-order valence-corrected chi connectivity index (χ1v) is 8.21.